The fourth-order valence-electron chi connectivity index (χ4n) is 1.30. The highest BCUT2D eigenvalue weighted by molar-refractivity contribution is 14.1. The standard InChI is InChI=1S/C10H9IO4/c1-2-13-10(12)6-3-7(11)9-8(4-6)14-5-15-9/h3-4H,2,5H2,1H3. The van der Waals surface area contributed by atoms with E-state index >= 15 is 0 Å². The van der Waals surface area contributed by atoms with Crippen LogP contribution in [0.15, 0.2) is 12.1 Å². The van der Waals surface area contributed by atoms with Gasteiger partial charge in [0.25, 0.3) is 0 Å². The zero-order valence-electron chi connectivity index (χ0n) is 8.08. The minimum atomic E-state index is -0.339. The second-order valence-electron chi connectivity index (χ2n) is 2.91. The van der Waals surface area contributed by atoms with E-state index in [9.17, 15) is 4.79 Å². The highest BCUT2D eigenvalue weighted by atomic mass is 127. The topological polar surface area (TPSA) is 44.8 Å². The first kappa shape index (κ1) is 10.5. The van der Waals surface area contributed by atoms with Gasteiger partial charge in [-0.3, -0.25) is 0 Å². The van der Waals surface area contributed by atoms with Crippen LogP contribution in [0.4, 0.5) is 0 Å². The van der Waals surface area contributed by atoms with Crippen molar-refractivity contribution in [2.24, 2.45) is 0 Å². The summed E-state index contributed by atoms with van der Waals surface area (Å²) in [6.07, 6.45) is 0. The molecule has 0 spiro atoms. The lowest BCUT2D eigenvalue weighted by molar-refractivity contribution is 0.0526. The van der Waals surface area contributed by atoms with E-state index < -0.39 is 0 Å². The van der Waals surface area contributed by atoms with Crippen molar-refractivity contribution >= 4 is 28.6 Å². The van der Waals surface area contributed by atoms with Crippen molar-refractivity contribution in [2.75, 3.05) is 13.4 Å². The zero-order valence-corrected chi connectivity index (χ0v) is 10.2. The SMILES string of the molecule is CCOC(=O)c1cc(I)c2c(c1)OCO2. The molecule has 2 rings (SSSR count). The van der Waals surface area contributed by atoms with Crippen LogP contribution >= 0.6 is 22.6 Å². The van der Waals surface area contributed by atoms with Gasteiger partial charge in [0.15, 0.2) is 11.5 Å². The monoisotopic (exact) mass is 320 g/mol. The summed E-state index contributed by atoms with van der Waals surface area (Å²) in [4.78, 5) is 11.5. The summed E-state index contributed by atoms with van der Waals surface area (Å²) in [5.41, 5.74) is 0.491. The van der Waals surface area contributed by atoms with Gasteiger partial charge in [-0.1, -0.05) is 0 Å². The molecule has 1 heterocycles. The number of halogens is 1. The first-order valence-corrected chi connectivity index (χ1v) is 5.56. The molecule has 0 unspecified atom stereocenters. The average Bonchev–Trinajstić information content (AvgIpc) is 2.66. The molecule has 4 nitrogen and oxygen atoms in total. The molecule has 80 valence electrons. The highest BCUT2D eigenvalue weighted by Crippen LogP contribution is 2.37. The molecule has 0 atom stereocenters. The Morgan fingerprint density at radius 3 is 3.07 bits per heavy atom. The number of fused-ring (bicyclic) bond motifs is 1. The van der Waals surface area contributed by atoms with Crippen LogP contribution in [0.25, 0.3) is 0 Å². The number of rotatable bonds is 2. The van der Waals surface area contributed by atoms with E-state index in [1.54, 1.807) is 19.1 Å². The van der Waals surface area contributed by atoms with Gasteiger partial charge in [-0.05, 0) is 41.6 Å². The van der Waals surface area contributed by atoms with E-state index in [-0.39, 0.29) is 12.8 Å². The zero-order chi connectivity index (χ0) is 10.8. The van der Waals surface area contributed by atoms with Crippen LogP contribution < -0.4 is 9.47 Å². The number of carbonyl (C=O) groups is 1. The molecule has 0 aliphatic carbocycles. The maximum absolute atomic E-state index is 11.5. The second kappa shape index (κ2) is 4.26. The first-order valence-electron chi connectivity index (χ1n) is 4.48. The summed E-state index contributed by atoms with van der Waals surface area (Å²) in [7, 11) is 0. The number of ether oxygens (including phenoxy) is 3. The van der Waals surface area contributed by atoms with Gasteiger partial charge in [-0.15, -0.1) is 0 Å². The van der Waals surface area contributed by atoms with Crippen LogP contribution in [-0.2, 0) is 4.74 Å². The number of hydrogen-bond acceptors (Lipinski definition) is 4. The smallest absolute Gasteiger partial charge is 0.338 e. The minimum absolute atomic E-state index is 0.206. The number of benzene rings is 1. The van der Waals surface area contributed by atoms with Crippen molar-refractivity contribution in [2.45, 2.75) is 6.92 Å². The van der Waals surface area contributed by atoms with Crippen LogP contribution in [0.1, 0.15) is 17.3 Å². The van der Waals surface area contributed by atoms with Crippen LogP contribution in [-0.4, -0.2) is 19.4 Å². The Hall–Kier alpha value is -0.980. The van der Waals surface area contributed by atoms with E-state index in [4.69, 9.17) is 14.2 Å². The molecule has 0 saturated carbocycles. The molecule has 15 heavy (non-hydrogen) atoms. The van der Waals surface area contributed by atoms with Crippen LogP contribution in [0, 0.1) is 3.57 Å². The molecule has 1 aliphatic rings. The predicted octanol–water partition coefficient (Wildman–Crippen LogP) is 2.20. The average molecular weight is 320 g/mol. The van der Waals surface area contributed by atoms with Crippen LogP contribution in [0.3, 0.4) is 0 Å². The molecule has 5 heteroatoms. The van der Waals surface area contributed by atoms with Gasteiger partial charge >= 0.3 is 5.97 Å². The van der Waals surface area contributed by atoms with Crippen LogP contribution in [0.2, 0.25) is 0 Å². The largest absolute Gasteiger partial charge is 0.462 e. The predicted molar refractivity (Wildman–Crippen MR) is 61.2 cm³/mol. The van der Waals surface area contributed by atoms with Crippen molar-refractivity contribution in [1.29, 1.82) is 0 Å². The van der Waals surface area contributed by atoms with Gasteiger partial charge in [-0.25, -0.2) is 4.79 Å². The molecular weight excluding hydrogens is 311 g/mol. The molecule has 0 saturated heterocycles. The van der Waals surface area contributed by atoms with Crippen molar-refractivity contribution in [3.05, 3.63) is 21.3 Å². The molecule has 0 amide bonds. The third-order valence-electron chi connectivity index (χ3n) is 1.94. The van der Waals surface area contributed by atoms with E-state index in [2.05, 4.69) is 22.6 Å². The third-order valence-corrected chi connectivity index (χ3v) is 2.74. The van der Waals surface area contributed by atoms with Gasteiger partial charge in [0.1, 0.15) is 0 Å². The van der Waals surface area contributed by atoms with Crippen molar-refractivity contribution in [3.63, 3.8) is 0 Å². The first-order chi connectivity index (χ1) is 7.22. The normalized spacial score (nSPS) is 12.7. The molecule has 0 aromatic heterocycles. The number of carbonyl (C=O) groups excluding carboxylic acids is 1. The van der Waals surface area contributed by atoms with Crippen molar-refractivity contribution in [3.8, 4) is 11.5 Å². The number of hydrogen-bond donors (Lipinski definition) is 0. The summed E-state index contributed by atoms with van der Waals surface area (Å²) in [5.74, 6) is 0.960. The molecule has 0 radical (unpaired) electrons. The fourth-order valence-corrected chi connectivity index (χ4v) is 2.06. The molecule has 1 aliphatic heterocycles. The Balaban J connectivity index is 2.35. The summed E-state index contributed by atoms with van der Waals surface area (Å²) in [5, 5.41) is 0. The Bertz CT molecular complexity index is 403. The summed E-state index contributed by atoms with van der Waals surface area (Å²) in [6, 6.07) is 3.37. The van der Waals surface area contributed by atoms with E-state index in [1.165, 1.54) is 0 Å². The maximum Gasteiger partial charge on any atom is 0.338 e. The minimum Gasteiger partial charge on any atom is -0.462 e. The molecule has 0 bridgehead atoms. The third kappa shape index (κ3) is 2.01. The van der Waals surface area contributed by atoms with E-state index in [0.29, 0.717) is 23.7 Å². The lowest BCUT2D eigenvalue weighted by atomic mass is 10.2. The Labute approximate surface area is 101 Å². The quantitative estimate of drug-likeness (QED) is 0.619. The molecular formula is C10H9IO4. The van der Waals surface area contributed by atoms with Gasteiger partial charge in [0.05, 0.1) is 15.7 Å². The summed E-state index contributed by atoms with van der Waals surface area (Å²) >= 11 is 2.10. The Morgan fingerprint density at radius 1 is 1.53 bits per heavy atom. The van der Waals surface area contributed by atoms with Gasteiger partial charge in [0, 0.05) is 0 Å². The highest BCUT2D eigenvalue weighted by Gasteiger charge is 2.20. The molecule has 0 N–H and O–H groups in total. The van der Waals surface area contributed by atoms with Gasteiger partial charge in [0.2, 0.25) is 6.79 Å². The molecule has 0 fully saturated rings. The summed E-state index contributed by atoms with van der Waals surface area (Å²) < 4.78 is 16.2. The van der Waals surface area contributed by atoms with Crippen molar-refractivity contribution in [1.82, 2.24) is 0 Å². The Kier molecular flexibility index (Phi) is 2.99. The summed E-state index contributed by atoms with van der Waals surface area (Å²) in [6.45, 7) is 2.34. The molecule has 1 aromatic carbocycles. The van der Waals surface area contributed by atoms with Crippen LogP contribution in [0.5, 0.6) is 11.5 Å². The van der Waals surface area contributed by atoms with Gasteiger partial charge in [-0.2, -0.15) is 0 Å². The molecule has 1 aromatic rings. The number of esters is 1. The van der Waals surface area contributed by atoms with E-state index in [0.717, 1.165) is 3.57 Å². The van der Waals surface area contributed by atoms with E-state index in [1.807, 2.05) is 0 Å². The Morgan fingerprint density at radius 2 is 2.33 bits per heavy atom. The maximum atomic E-state index is 11.5. The lowest BCUT2D eigenvalue weighted by Crippen LogP contribution is -2.04. The second-order valence-corrected chi connectivity index (χ2v) is 4.07. The lowest BCUT2D eigenvalue weighted by Gasteiger charge is -2.04. The van der Waals surface area contributed by atoms with Gasteiger partial charge < -0.3 is 14.2 Å². The fraction of sp³-hybridized carbons (Fsp3) is 0.300. The van der Waals surface area contributed by atoms with Crippen molar-refractivity contribution < 1.29 is 19.0 Å².